The van der Waals surface area contributed by atoms with Gasteiger partial charge >= 0.3 is 0 Å². The molecule has 0 saturated carbocycles. The van der Waals surface area contributed by atoms with Gasteiger partial charge in [0.2, 0.25) is 0 Å². The fourth-order valence-corrected chi connectivity index (χ4v) is 1.47. The smallest absolute Gasteiger partial charge is 0.0709 e. The Labute approximate surface area is 89.7 Å². The van der Waals surface area contributed by atoms with Gasteiger partial charge in [-0.1, -0.05) is 30.3 Å². The van der Waals surface area contributed by atoms with E-state index >= 15 is 0 Å². The highest BCUT2D eigenvalue weighted by molar-refractivity contribution is 5.79. The highest BCUT2D eigenvalue weighted by Gasteiger charge is 1.93. The summed E-state index contributed by atoms with van der Waals surface area (Å²) in [6.07, 6.45) is 4.10. The first-order valence-electron chi connectivity index (χ1n) is 5.07. The molecule has 2 aromatic rings. The topological polar surface area (TPSA) is 24.9 Å². The van der Waals surface area contributed by atoms with E-state index in [0.29, 0.717) is 0 Å². The van der Waals surface area contributed by atoms with E-state index in [1.165, 1.54) is 5.39 Å². The van der Waals surface area contributed by atoms with Gasteiger partial charge in [0.25, 0.3) is 0 Å². The van der Waals surface area contributed by atoms with E-state index in [9.17, 15) is 0 Å². The van der Waals surface area contributed by atoms with Crippen LogP contribution in [0.1, 0.15) is 5.69 Å². The summed E-state index contributed by atoms with van der Waals surface area (Å²) in [5.74, 6) is 0. The van der Waals surface area contributed by atoms with Gasteiger partial charge in [0, 0.05) is 11.9 Å². The summed E-state index contributed by atoms with van der Waals surface area (Å²) in [5, 5.41) is 4.24. The van der Waals surface area contributed by atoms with E-state index in [2.05, 4.69) is 28.5 Å². The first kappa shape index (κ1) is 9.87. The van der Waals surface area contributed by atoms with Crippen molar-refractivity contribution in [2.45, 2.75) is 0 Å². The maximum absolute atomic E-state index is 4.53. The SMILES string of the molecule is CNCC=Cc1ccc2ccccc2n1. The van der Waals surface area contributed by atoms with Crippen molar-refractivity contribution in [3.05, 3.63) is 48.2 Å². The molecule has 76 valence electrons. The van der Waals surface area contributed by atoms with Crippen molar-refractivity contribution in [1.82, 2.24) is 10.3 Å². The number of fused-ring (bicyclic) bond motifs is 1. The van der Waals surface area contributed by atoms with Gasteiger partial charge in [0.1, 0.15) is 0 Å². The number of pyridine rings is 1. The molecular formula is C13H14N2. The second-order valence-electron chi connectivity index (χ2n) is 3.39. The van der Waals surface area contributed by atoms with Crippen molar-refractivity contribution < 1.29 is 0 Å². The molecule has 1 aromatic carbocycles. The number of para-hydroxylation sites is 1. The zero-order valence-corrected chi connectivity index (χ0v) is 8.77. The number of benzene rings is 1. The molecule has 1 N–H and O–H groups in total. The number of nitrogens with one attached hydrogen (secondary N) is 1. The van der Waals surface area contributed by atoms with Gasteiger partial charge in [0.05, 0.1) is 11.2 Å². The molecule has 0 atom stereocenters. The van der Waals surface area contributed by atoms with Crippen LogP contribution in [-0.2, 0) is 0 Å². The number of aromatic nitrogens is 1. The van der Waals surface area contributed by atoms with E-state index < -0.39 is 0 Å². The summed E-state index contributed by atoms with van der Waals surface area (Å²) in [4.78, 5) is 4.53. The lowest BCUT2D eigenvalue weighted by Gasteiger charge is -1.98. The molecule has 2 nitrogen and oxygen atoms in total. The minimum atomic E-state index is 0.870. The van der Waals surface area contributed by atoms with Crippen LogP contribution in [0.4, 0.5) is 0 Å². The first-order valence-corrected chi connectivity index (χ1v) is 5.07. The van der Waals surface area contributed by atoms with E-state index in [0.717, 1.165) is 17.8 Å². The number of rotatable bonds is 3. The second kappa shape index (κ2) is 4.71. The molecule has 0 unspecified atom stereocenters. The first-order chi connectivity index (χ1) is 7.40. The summed E-state index contributed by atoms with van der Waals surface area (Å²) < 4.78 is 0. The van der Waals surface area contributed by atoms with Gasteiger partial charge in [-0.25, -0.2) is 4.98 Å². The van der Waals surface area contributed by atoms with E-state index in [1.54, 1.807) is 0 Å². The van der Waals surface area contributed by atoms with Gasteiger partial charge in [-0.05, 0) is 25.3 Å². The van der Waals surface area contributed by atoms with Crippen molar-refractivity contribution in [1.29, 1.82) is 0 Å². The molecule has 0 aliphatic carbocycles. The van der Waals surface area contributed by atoms with Gasteiger partial charge in [-0.2, -0.15) is 0 Å². The van der Waals surface area contributed by atoms with Crippen molar-refractivity contribution in [2.75, 3.05) is 13.6 Å². The summed E-state index contributed by atoms with van der Waals surface area (Å²) >= 11 is 0. The Bertz CT molecular complexity index is 475. The molecule has 0 bridgehead atoms. The number of hydrogen-bond donors (Lipinski definition) is 1. The highest BCUT2D eigenvalue weighted by Crippen LogP contribution is 2.12. The summed E-state index contributed by atoms with van der Waals surface area (Å²) in [5.41, 5.74) is 2.05. The lowest BCUT2D eigenvalue weighted by atomic mass is 10.2. The van der Waals surface area contributed by atoms with Crippen LogP contribution in [0.3, 0.4) is 0 Å². The fourth-order valence-electron chi connectivity index (χ4n) is 1.47. The zero-order chi connectivity index (χ0) is 10.5. The van der Waals surface area contributed by atoms with E-state index in [4.69, 9.17) is 0 Å². The van der Waals surface area contributed by atoms with Crippen molar-refractivity contribution in [2.24, 2.45) is 0 Å². The lowest BCUT2D eigenvalue weighted by molar-refractivity contribution is 0.922. The molecule has 0 fully saturated rings. The largest absolute Gasteiger partial charge is 0.316 e. The summed E-state index contributed by atoms with van der Waals surface area (Å²) in [6, 6.07) is 12.3. The predicted octanol–water partition coefficient (Wildman–Crippen LogP) is 2.47. The molecule has 1 aromatic heterocycles. The van der Waals surface area contributed by atoms with Crippen molar-refractivity contribution in [3.8, 4) is 0 Å². The highest BCUT2D eigenvalue weighted by atomic mass is 14.8. The molecule has 2 heteroatoms. The third-order valence-electron chi connectivity index (χ3n) is 2.23. The van der Waals surface area contributed by atoms with Crippen LogP contribution in [-0.4, -0.2) is 18.6 Å². The van der Waals surface area contributed by atoms with Gasteiger partial charge < -0.3 is 5.32 Å². The number of hydrogen-bond acceptors (Lipinski definition) is 2. The standard InChI is InChI=1S/C13H14N2/c1-14-10-4-6-12-9-8-11-5-2-3-7-13(11)15-12/h2-9,14H,10H2,1H3. The predicted molar refractivity (Wildman–Crippen MR) is 64.7 cm³/mol. The molecule has 0 aliphatic rings. The van der Waals surface area contributed by atoms with Gasteiger partial charge in [-0.15, -0.1) is 0 Å². The molecule has 0 spiro atoms. The quantitative estimate of drug-likeness (QED) is 0.819. The molecule has 1 heterocycles. The Morgan fingerprint density at radius 2 is 2.07 bits per heavy atom. The van der Waals surface area contributed by atoms with Crippen LogP contribution >= 0.6 is 0 Å². The van der Waals surface area contributed by atoms with Gasteiger partial charge in [0.15, 0.2) is 0 Å². The molecule has 2 rings (SSSR count). The number of nitrogens with zero attached hydrogens (tertiary/aromatic N) is 1. The molecular weight excluding hydrogens is 184 g/mol. The van der Waals surface area contributed by atoms with Crippen molar-refractivity contribution in [3.63, 3.8) is 0 Å². The Kier molecular flexibility index (Phi) is 3.10. The average molecular weight is 198 g/mol. The monoisotopic (exact) mass is 198 g/mol. The molecule has 0 saturated heterocycles. The maximum Gasteiger partial charge on any atom is 0.0709 e. The van der Waals surface area contributed by atoms with Gasteiger partial charge in [-0.3, -0.25) is 0 Å². The number of likely N-dealkylation sites (N-methyl/N-ethyl adjacent to an activating group) is 1. The fraction of sp³-hybridized carbons (Fsp3) is 0.154. The van der Waals surface area contributed by atoms with Crippen LogP contribution in [0.5, 0.6) is 0 Å². The Morgan fingerprint density at radius 3 is 2.93 bits per heavy atom. The van der Waals surface area contributed by atoms with Crippen LogP contribution < -0.4 is 5.32 Å². The van der Waals surface area contributed by atoms with Crippen LogP contribution in [0, 0.1) is 0 Å². The summed E-state index contributed by atoms with van der Waals surface area (Å²) in [6.45, 7) is 0.870. The minimum Gasteiger partial charge on any atom is -0.316 e. The van der Waals surface area contributed by atoms with E-state index in [1.807, 2.05) is 37.4 Å². The minimum absolute atomic E-state index is 0.870. The Morgan fingerprint density at radius 1 is 1.20 bits per heavy atom. The van der Waals surface area contributed by atoms with E-state index in [-0.39, 0.29) is 0 Å². The normalized spacial score (nSPS) is 11.3. The third kappa shape index (κ3) is 2.42. The second-order valence-corrected chi connectivity index (χ2v) is 3.39. The third-order valence-corrected chi connectivity index (χ3v) is 2.23. The lowest BCUT2D eigenvalue weighted by Crippen LogP contribution is -2.03. The Hall–Kier alpha value is -1.67. The van der Waals surface area contributed by atoms with Crippen molar-refractivity contribution >= 4 is 17.0 Å². The maximum atomic E-state index is 4.53. The van der Waals surface area contributed by atoms with Crippen LogP contribution in [0.2, 0.25) is 0 Å². The Balaban J connectivity index is 2.30. The molecule has 0 amide bonds. The zero-order valence-electron chi connectivity index (χ0n) is 8.77. The molecule has 15 heavy (non-hydrogen) atoms. The average Bonchev–Trinajstić information content (AvgIpc) is 2.29. The van der Waals surface area contributed by atoms with Crippen LogP contribution in [0.25, 0.3) is 17.0 Å². The van der Waals surface area contributed by atoms with Crippen LogP contribution in [0.15, 0.2) is 42.5 Å². The molecule has 0 aliphatic heterocycles. The molecule has 0 radical (unpaired) electrons. The summed E-state index contributed by atoms with van der Waals surface area (Å²) in [7, 11) is 1.93.